The molecule has 0 aromatic heterocycles. The average molecular weight is 534 g/mol. The molecule has 0 heterocycles. The summed E-state index contributed by atoms with van der Waals surface area (Å²) in [5.41, 5.74) is 9.62. The SMILES string of the molecule is O=C(O)CCN(C(=O)OCc1cccc2c1Cc1ccccc1-2)C(=O)OCC1c2ccccc2-c2ccccc21. The summed E-state index contributed by atoms with van der Waals surface area (Å²) in [5.74, 6) is -1.33. The number of imide groups is 1. The number of rotatable bonds is 7. The van der Waals surface area contributed by atoms with Crippen molar-refractivity contribution in [1.82, 2.24) is 4.90 Å². The second-order valence-electron chi connectivity index (χ2n) is 9.93. The van der Waals surface area contributed by atoms with Crippen LogP contribution in [0.15, 0.2) is 91.0 Å². The lowest BCUT2D eigenvalue weighted by molar-refractivity contribution is -0.137. The van der Waals surface area contributed by atoms with Gasteiger partial charge in [0.25, 0.3) is 0 Å². The van der Waals surface area contributed by atoms with E-state index in [-0.39, 0.29) is 25.7 Å². The van der Waals surface area contributed by atoms with Gasteiger partial charge in [-0.1, -0.05) is 91.0 Å². The van der Waals surface area contributed by atoms with E-state index in [9.17, 15) is 19.5 Å². The smallest absolute Gasteiger partial charge is 0.419 e. The summed E-state index contributed by atoms with van der Waals surface area (Å²) < 4.78 is 11.2. The van der Waals surface area contributed by atoms with Crippen LogP contribution in [0.3, 0.4) is 0 Å². The van der Waals surface area contributed by atoms with Crippen LogP contribution < -0.4 is 0 Å². The average Bonchev–Trinajstić information content (AvgIpc) is 3.51. The maximum absolute atomic E-state index is 13.1. The molecule has 7 heteroatoms. The molecule has 2 aliphatic carbocycles. The normalized spacial score (nSPS) is 12.6. The molecule has 0 radical (unpaired) electrons. The van der Waals surface area contributed by atoms with E-state index in [1.807, 2.05) is 78.9 Å². The lowest BCUT2D eigenvalue weighted by Gasteiger charge is -2.21. The van der Waals surface area contributed by atoms with Crippen LogP contribution in [0.25, 0.3) is 22.3 Å². The van der Waals surface area contributed by atoms with Gasteiger partial charge in [-0.05, 0) is 56.5 Å². The van der Waals surface area contributed by atoms with E-state index < -0.39 is 24.6 Å². The fourth-order valence-corrected chi connectivity index (χ4v) is 5.71. The van der Waals surface area contributed by atoms with E-state index in [1.54, 1.807) is 0 Å². The van der Waals surface area contributed by atoms with Crippen molar-refractivity contribution in [2.45, 2.75) is 25.4 Å². The molecule has 2 aliphatic rings. The van der Waals surface area contributed by atoms with Gasteiger partial charge in [-0.3, -0.25) is 4.79 Å². The van der Waals surface area contributed by atoms with Crippen molar-refractivity contribution in [2.24, 2.45) is 0 Å². The molecule has 0 spiro atoms. The molecule has 1 N–H and O–H groups in total. The zero-order valence-corrected chi connectivity index (χ0v) is 21.7. The summed E-state index contributed by atoms with van der Waals surface area (Å²) in [5, 5.41) is 9.22. The van der Waals surface area contributed by atoms with E-state index in [0.29, 0.717) is 0 Å². The molecule has 4 aromatic carbocycles. The molecule has 6 rings (SSSR count). The molecule has 200 valence electrons. The maximum atomic E-state index is 13.1. The Hall–Kier alpha value is -4.91. The minimum Gasteiger partial charge on any atom is -0.481 e. The van der Waals surface area contributed by atoms with Gasteiger partial charge in [0.1, 0.15) is 13.2 Å². The number of carboxylic acids is 1. The highest BCUT2D eigenvalue weighted by molar-refractivity contribution is 5.88. The van der Waals surface area contributed by atoms with Crippen molar-refractivity contribution in [1.29, 1.82) is 0 Å². The predicted molar refractivity (Wildman–Crippen MR) is 149 cm³/mol. The Morgan fingerprint density at radius 2 is 1.32 bits per heavy atom. The number of fused-ring (bicyclic) bond motifs is 6. The van der Waals surface area contributed by atoms with Gasteiger partial charge in [0.2, 0.25) is 0 Å². The van der Waals surface area contributed by atoms with Crippen LogP contribution in [0.2, 0.25) is 0 Å². The van der Waals surface area contributed by atoms with E-state index >= 15 is 0 Å². The Bertz CT molecular complexity index is 1580. The Kier molecular flexibility index (Phi) is 6.78. The molecule has 4 aromatic rings. The quantitative estimate of drug-likeness (QED) is 0.253. The van der Waals surface area contributed by atoms with Gasteiger partial charge in [-0.25, -0.2) is 14.5 Å². The number of carbonyl (C=O) groups excluding carboxylic acids is 2. The molecule has 0 saturated carbocycles. The van der Waals surface area contributed by atoms with Gasteiger partial charge >= 0.3 is 18.2 Å². The van der Waals surface area contributed by atoms with Crippen LogP contribution in [0.4, 0.5) is 9.59 Å². The highest BCUT2D eigenvalue weighted by Crippen LogP contribution is 2.44. The minimum absolute atomic E-state index is 0.00810. The number of hydrogen-bond donors (Lipinski definition) is 1. The molecule has 0 atom stereocenters. The monoisotopic (exact) mass is 533 g/mol. The molecule has 7 nitrogen and oxygen atoms in total. The number of carbonyl (C=O) groups is 3. The van der Waals surface area contributed by atoms with Crippen LogP contribution >= 0.6 is 0 Å². The number of amides is 2. The molecule has 40 heavy (non-hydrogen) atoms. The number of ether oxygens (including phenoxy) is 2. The van der Waals surface area contributed by atoms with Gasteiger partial charge in [0, 0.05) is 12.5 Å². The summed E-state index contributed by atoms with van der Waals surface area (Å²) >= 11 is 0. The van der Waals surface area contributed by atoms with E-state index in [2.05, 4.69) is 12.1 Å². The van der Waals surface area contributed by atoms with Crippen molar-refractivity contribution in [2.75, 3.05) is 13.2 Å². The van der Waals surface area contributed by atoms with Crippen LogP contribution in [-0.4, -0.2) is 41.3 Å². The number of nitrogens with zero attached hydrogens (tertiary/aromatic N) is 1. The summed E-state index contributed by atoms with van der Waals surface area (Å²) in [6, 6.07) is 29.9. The molecular formula is C33H27NO6. The zero-order chi connectivity index (χ0) is 27.6. The topological polar surface area (TPSA) is 93.1 Å². The number of aliphatic carboxylic acids is 1. The molecule has 0 unspecified atom stereocenters. The van der Waals surface area contributed by atoms with Crippen LogP contribution in [-0.2, 0) is 27.3 Å². The zero-order valence-electron chi connectivity index (χ0n) is 21.7. The third-order valence-electron chi connectivity index (χ3n) is 7.63. The minimum atomic E-state index is -1.14. The fraction of sp³-hybridized carbons (Fsp3) is 0.182. The third kappa shape index (κ3) is 4.71. The predicted octanol–water partition coefficient (Wildman–Crippen LogP) is 6.62. The Labute approximate surface area is 231 Å². The first-order valence-corrected chi connectivity index (χ1v) is 13.2. The fourth-order valence-electron chi connectivity index (χ4n) is 5.71. The van der Waals surface area contributed by atoms with Gasteiger partial charge in [0.15, 0.2) is 0 Å². The van der Waals surface area contributed by atoms with Gasteiger partial charge in [-0.2, -0.15) is 0 Å². The molecule has 0 saturated heterocycles. The second kappa shape index (κ2) is 10.7. The van der Waals surface area contributed by atoms with E-state index in [0.717, 1.165) is 55.8 Å². The second-order valence-corrected chi connectivity index (χ2v) is 9.93. The Morgan fingerprint density at radius 1 is 0.725 bits per heavy atom. The molecule has 0 bridgehead atoms. The van der Waals surface area contributed by atoms with Gasteiger partial charge in [-0.15, -0.1) is 0 Å². The van der Waals surface area contributed by atoms with Crippen molar-refractivity contribution in [3.63, 3.8) is 0 Å². The summed E-state index contributed by atoms with van der Waals surface area (Å²) in [4.78, 5) is 38.2. The standard InChI is InChI=1S/C33H27NO6/c35-31(36)16-17-34(32(37)39-19-22-9-7-15-24-23-10-2-1-8-21(23)18-29(22)24)33(38)40-20-30-27-13-5-3-11-25(27)26-12-4-6-14-28(26)30/h1-15,30H,16-20H2,(H,35,36). The Morgan fingerprint density at radius 3 is 2.02 bits per heavy atom. The molecular weight excluding hydrogens is 506 g/mol. The molecule has 0 fully saturated rings. The van der Waals surface area contributed by atoms with Crippen LogP contribution in [0.1, 0.15) is 40.2 Å². The molecule has 2 amide bonds. The van der Waals surface area contributed by atoms with Crippen molar-refractivity contribution >= 4 is 18.2 Å². The highest BCUT2D eigenvalue weighted by atomic mass is 16.6. The maximum Gasteiger partial charge on any atom is 0.419 e. The van der Waals surface area contributed by atoms with Crippen LogP contribution in [0.5, 0.6) is 0 Å². The van der Waals surface area contributed by atoms with Gasteiger partial charge in [0.05, 0.1) is 6.42 Å². The lowest BCUT2D eigenvalue weighted by atomic mass is 9.98. The summed E-state index contributed by atoms with van der Waals surface area (Å²) in [6.45, 7) is -0.395. The third-order valence-corrected chi connectivity index (χ3v) is 7.63. The summed E-state index contributed by atoms with van der Waals surface area (Å²) in [7, 11) is 0. The van der Waals surface area contributed by atoms with Gasteiger partial charge < -0.3 is 14.6 Å². The number of benzene rings is 4. The molecule has 0 aliphatic heterocycles. The Balaban J connectivity index is 1.16. The lowest BCUT2D eigenvalue weighted by Crippen LogP contribution is -2.39. The van der Waals surface area contributed by atoms with Crippen molar-refractivity contribution in [3.05, 3.63) is 119 Å². The highest BCUT2D eigenvalue weighted by Gasteiger charge is 2.32. The number of carboxylic acid groups (broad SMARTS) is 1. The van der Waals surface area contributed by atoms with Crippen LogP contribution in [0, 0.1) is 0 Å². The first-order chi connectivity index (χ1) is 19.5. The largest absolute Gasteiger partial charge is 0.481 e. The van der Waals surface area contributed by atoms with E-state index in [4.69, 9.17) is 9.47 Å². The number of hydrogen-bond acceptors (Lipinski definition) is 5. The van der Waals surface area contributed by atoms with Crippen molar-refractivity contribution < 1.29 is 29.0 Å². The van der Waals surface area contributed by atoms with E-state index in [1.165, 1.54) is 5.56 Å². The van der Waals surface area contributed by atoms with Crippen molar-refractivity contribution in [3.8, 4) is 22.3 Å². The first-order valence-electron chi connectivity index (χ1n) is 13.2. The summed E-state index contributed by atoms with van der Waals surface area (Å²) in [6.07, 6.45) is -1.56. The first kappa shape index (κ1) is 25.4.